The molecule has 0 aliphatic heterocycles. The van der Waals surface area contributed by atoms with E-state index in [-0.39, 0.29) is 0 Å². The normalized spacial score (nSPS) is 9.62. The zero-order valence-electron chi connectivity index (χ0n) is 12.0. The summed E-state index contributed by atoms with van der Waals surface area (Å²) in [6, 6.07) is 5.72. The minimum absolute atomic E-state index is 0.296. The number of nitrogens with one attached hydrogen (secondary N) is 2. The number of ether oxygens (including phenoxy) is 2. The van der Waals surface area contributed by atoms with Crippen molar-refractivity contribution in [1.82, 2.24) is 10.6 Å². The van der Waals surface area contributed by atoms with Crippen molar-refractivity contribution in [2.45, 2.75) is 13.8 Å². The SMILES string of the molecule is CCNC(=O)NC(=O)COC(=O)c1ccc(OCC)cc1. The molecular formula is C14H18N2O5. The number of rotatable bonds is 6. The van der Waals surface area contributed by atoms with Gasteiger partial charge in [0.2, 0.25) is 0 Å². The molecule has 0 radical (unpaired) electrons. The highest BCUT2D eigenvalue weighted by Gasteiger charge is 2.12. The van der Waals surface area contributed by atoms with Gasteiger partial charge in [-0.3, -0.25) is 10.1 Å². The minimum Gasteiger partial charge on any atom is -0.494 e. The first-order chi connectivity index (χ1) is 10.1. The number of imide groups is 1. The summed E-state index contributed by atoms with van der Waals surface area (Å²) in [5.41, 5.74) is 0.296. The molecule has 0 aliphatic carbocycles. The van der Waals surface area contributed by atoms with Gasteiger partial charge in [-0.1, -0.05) is 0 Å². The van der Waals surface area contributed by atoms with Gasteiger partial charge in [0.1, 0.15) is 5.75 Å². The number of hydrogen-bond donors (Lipinski definition) is 2. The number of amides is 3. The van der Waals surface area contributed by atoms with E-state index in [0.717, 1.165) is 0 Å². The summed E-state index contributed by atoms with van der Waals surface area (Å²) in [5.74, 6) is -0.702. The van der Waals surface area contributed by atoms with Crippen LogP contribution in [0.15, 0.2) is 24.3 Å². The third-order valence-electron chi connectivity index (χ3n) is 2.33. The summed E-state index contributed by atoms with van der Waals surface area (Å²) in [6.07, 6.45) is 0. The van der Waals surface area contributed by atoms with Gasteiger partial charge in [0.05, 0.1) is 12.2 Å². The standard InChI is InChI=1S/C14H18N2O5/c1-3-15-14(19)16-12(17)9-21-13(18)10-5-7-11(8-6-10)20-4-2/h5-8H,3-4,9H2,1-2H3,(H2,15,16,17,19). The lowest BCUT2D eigenvalue weighted by Gasteiger charge is -2.07. The van der Waals surface area contributed by atoms with Gasteiger partial charge in [0.25, 0.3) is 5.91 Å². The first-order valence-electron chi connectivity index (χ1n) is 6.54. The molecule has 1 aromatic carbocycles. The Balaban J connectivity index is 2.42. The first-order valence-corrected chi connectivity index (χ1v) is 6.54. The molecule has 3 amide bonds. The number of benzene rings is 1. The molecule has 0 bridgehead atoms. The number of carbonyl (C=O) groups excluding carboxylic acids is 3. The van der Waals surface area contributed by atoms with E-state index in [1.807, 2.05) is 12.2 Å². The van der Waals surface area contributed by atoms with E-state index in [9.17, 15) is 14.4 Å². The molecule has 0 aromatic heterocycles. The van der Waals surface area contributed by atoms with Crippen LogP contribution in [0.25, 0.3) is 0 Å². The first kappa shape index (κ1) is 16.5. The van der Waals surface area contributed by atoms with Gasteiger partial charge < -0.3 is 14.8 Å². The summed E-state index contributed by atoms with van der Waals surface area (Å²) >= 11 is 0. The third-order valence-corrected chi connectivity index (χ3v) is 2.33. The lowest BCUT2D eigenvalue weighted by molar-refractivity contribution is -0.123. The van der Waals surface area contributed by atoms with E-state index >= 15 is 0 Å². The molecule has 0 unspecified atom stereocenters. The van der Waals surface area contributed by atoms with Crippen molar-refractivity contribution in [3.05, 3.63) is 29.8 Å². The number of carbonyl (C=O) groups is 3. The van der Waals surface area contributed by atoms with Crippen LogP contribution < -0.4 is 15.4 Å². The molecule has 21 heavy (non-hydrogen) atoms. The Morgan fingerprint density at radius 2 is 1.76 bits per heavy atom. The topological polar surface area (TPSA) is 93.7 Å². The highest BCUT2D eigenvalue weighted by Crippen LogP contribution is 2.12. The van der Waals surface area contributed by atoms with E-state index in [1.54, 1.807) is 19.1 Å². The molecule has 7 nitrogen and oxygen atoms in total. The smallest absolute Gasteiger partial charge is 0.338 e. The molecule has 0 spiro atoms. The van der Waals surface area contributed by atoms with Gasteiger partial charge in [0, 0.05) is 6.54 Å². The van der Waals surface area contributed by atoms with Gasteiger partial charge in [-0.25, -0.2) is 9.59 Å². The molecule has 0 aliphatic rings. The van der Waals surface area contributed by atoms with Gasteiger partial charge >= 0.3 is 12.0 Å². The highest BCUT2D eigenvalue weighted by molar-refractivity contribution is 5.97. The van der Waals surface area contributed by atoms with Gasteiger partial charge in [-0.15, -0.1) is 0 Å². The molecule has 0 saturated heterocycles. The highest BCUT2D eigenvalue weighted by atomic mass is 16.5. The summed E-state index contributed by atoms with van der Waals surface area (Å²) in [7, 11) is 0. The molecule has 0 saturated carbocycles. The maximum atomic E-state index is 11.7. The van der Waals surface area contributed by atoms with Crippen molar-refractivity contribution in [3.8, 4) is 5.75 Å². The van der Waals surface area contributed by atoms with Crippen LogP contribution in [-0.2, 0) is 9.53 Å². The lowest BCUT2D eigenvalue weighted by Crippen LogP contribution is -2.41. The van der Waals surface area contributed by atoms with E-state index in [0.29, 0.717) is 24.5 Å². The Kier molecular flexibility index (Phi) is 6.73. The van der Waals surface area contributed by atoms with Crippen LogP contribution >= 0.6 is 0 Å². The Bertz CT molecular complexity index is 499. The Morgan fingerprint density at radius 1 is 1.10 bits per heavy atom. The Labute approximate surface area is 122 Å². The van der Waals surface area contributed by atoms with E-state index in [1.165, 1.54) is 12.1 Å². The molecule has 0 atom stereocenters. The van der Waals surface area contributed by atoms with Crippen LogP contribution in [0, 0.1) is 0 Å². The summed E-state index contributed by atoms with van der Waals surface area (Å²) in [6.45, 7) is 3.98. The fraction of sp³-hybridized carbons (Fsp3) is 0.357. The predicted molar refractivity (Wildman–Crippen MR) is 75.1 cm³/mol. The second-order valence-corrected chi connectivity index (χ2v) is 3.94. The zero-order chi connectivity index (χ0) is 15.7. The Morgan fingerprint density at radius 3 is 2.33 bits per heavy atom. The maximum Gasteiger partial charge on any atom is 0.338 e. The van der Waals surface area contributed by atoms with Crippen molar-refractivity contribution < 1.29 is 23.9 Å². The summed E-state index contributed by atoms with van der Waals surface area (Å²) in [4.78, 5) is 34.1. The van der Waals surface area contributed by atoms with Gasteiger partial charge in [0.15, 0.2) is 6.61 Å². The average molecular weight is 294 g/mol. The molecular weight excluding hydrogens is 276 g/mol. The average Bonchev–Trinajstić information content (AvgIpc) is 2.46. The van der Waals surface area contributed by atoms with Crippen LogP contribution in [0.3, 0.4) is 0 Å². The van der Waals surface area contributed by atoms with Crippen molar-refractivity contribution in [2.24, 2.45) is 0 Å². The van der Waals surface area contributed by atoms with Gasteiger partial charge in [-0.05, 0) is 38.1 Å². The largest absolute Gasteiger partial charge is 0.494 e. The number of urea groups is 1. The maximum absolute atomic E-state index is 11.7. The van der Waals surface area contributed by atoms with E-state index < -0.39 is 24.5 Å². The van der Waals surface area contributed by atoms with Gasteiger partial charge in [-0.2, -0.15) is 0 Å². The molecule has 1 aromatic rings. The Hall–Kier alpha value is -2.57. The molecule has 114 valence electrons. The van der Waals surface area contributed by atoms with Crippen LogP contribution in [0.2, 0.25) is 0 Å². The molecule has 0 fully saturated rings. The van der Waals surface area contributed by atoms with Crippen molar-refractivity contribution in [3.63, 3.8) is 0 Å². The van der Waals surface area contributed by atoms with Crippen LogP contribution in [0.4, 0.5) is 4.79 Å². The second kappa shape index (κ2) is 8.57. The van der Waals surface area contributed by atoms with Crippen molar-refractivity contribution in [1.29, 1.82) is 0 Å². The van der Waals surface area contributed by atoms with E-state index in [4.69, 9.17) is 9.47 Å². The van der Waals surface area contributed by atoms with Crippen molar-refractivity contribution >= 4 is 17.9 Å². The monoisotopic (exact) mass is 294 g/mol. The molecule has 7 heteroatoms. The minimum atomic E-state index is -0.694. The molecule has 2 N–H and O–H groups in total. The fourth-order valence-electron chi connectivity index (χ4n) is 1.44. The summed E-state index contributed by atoms with van der Waals surface area (Å²) in [5, 5.41) is 4.42. The lowest BCUT2D eigenvalue weighted by atomic mass is 10.2. The zero-order valence-corrected chi connectivity index (χ0v) is 12.0. The van der Waals surface area contributed by atoms with Crippen LogP contribution in [0.1, 0.15) is 24.2 Å². The van der Waals surface area contributed by atoms with Crippen molar-refractivity contribution in [2.75, 3.05) is 19.8 Å². The molecule has 0 heterocycles. The fourth-order valence-corrected chi connectivity index (χ4v) is 1.44. The second-order valence-electron chi connectivity index (χ2n) is 3.94. The number of hydrogen-bond acceptors (Lipinski definition) is 5. The van der Waals surface area contributed by atoms with Crippen LogP contribution in [0.5, 0.6) is 5.75 Å². The quantitative estimate of drug-likeness (QED) is 0.766. The van der Waals surface area contributed by atoms with E-state index in [2.05, 4.69) is 5.32 Å². The molecule has 1 rings (SSSR count). The number of esters is 1. The summed E-state index contributed by atoms with van der Waals surface area (Å²) < 4.78 is 10.0. The predicted octanol–water partition coefficient (Wildman–Crippen LogP) is 1.09. The van der Waals surface area contributed by atoms with Crippen LogP contribution in [-0.4, -0.2) is 37.7 Å². The third kappa shape index (κ3) is 5.94.